The van der Waals surface area contributed by atoms with Crippen LogP contribution in [0.15, 0.2) is 21.1 Å². The number of ether oxygens (including phenoxy) is 2. The highest BCUT2D eigenvalue weighted by Crippen LogP contribution is 2.35. The molecule has 3 nitrogen and oxygen atoms in total. The van der Waals surface area contributed by atoms with Gasteiger partial charge < -0.3 is 15.2 Å². The molecule has 0 spiro atoms. The first-order valence-corrected chi connectivity index (χ1v) is 9.10. The van der Waals surface area contributed by atoms with Crippen molar-refractivity contribution >= 4 is 31.9 Å². The highest BCUT2D eigenvalue weighted by Gasteiger charge is 2.23. The summed E-state index contributed by atoms with van der Waals surface area (Å²) in [5.74, 6) is 0.840. The van der Waals surface area contributed by atoms with Crippen LogP contribution in [0.1, 0.15) is 38.7 Å². The van der Waals surface area contributed by atoms with Crippen LogP contribution in [0.2, 0.25) is 0 Å². The summed E-state index contributed by atoms with van der Waals surface area (Å²) in [6.07, 6.45) is 4.58. The third-order valence-corrected chi connectivity index (χ3v) is 4.99. The van der Waals surface area contributed by atoms with E-state index < -0.39 is 0 Å². The van der Waals surface area contributed by atoms with Gasteiger partial charge in [-0.3, -0.25) is 0 Å². The van der Waals surface area contributed by atoms with E-state index in [1.165, 1.54) is 5.56 Å². The Kier molecular flexibility index (Phi) is 6.53. The van der Waals surface area contributed by atoms with E-state index in [4.69, 9.17) is 15.2 Å². The topological polar surface area (TPSA) is 44.5 Å². The van der Waals surface area contributed by atoms with Gasteiger partial charge in [0.05, 0.1) is 21.2 Å². The van der Waals surface area contributed by atoms with Gasteiger partial charge in [-0.25, -0.2) is 0 Å². The molecule has 0 radical (unpaired) electrons. The van der Waals surface area contributed by atoms with Crippen LogP contribution in [0, 0.1) is 0 Å². The normalized spacial score (nSPS) is 23.3. The highest BCUT2D eigenvalue weighted by atomic mass is 79.9. The lowest BCUT2D eigenvalue weighted by molar-refractivity contribution is 0.0261. The first-order chi connectivity index (χ1) is 9.99. The molecule has 1 heterocycles. The van der Waals surface area contributed by atoms with Gasteiger partial charge in [-0.2, -0.15) is 0 Å². The Labute approximate surface area is 143 Å². The summed E-state index contributed by atoms with van der Waals surface area (Å²) < 4.78 is 13.6. The van der Waals surface area contributed by atoms with Crippen LogP contribution in [0.25, 0.3) is 0 Å². The van der Waals surface area contributed by atoms with E-state index in [0.29, 0.717) is 12.7 Å². The van der Waals surface area contributed by atoms with E-state index in [2.05, 4.69) is 57.8 Å². The van der Waals surface area contributed by atoms with Crippen LogP contribution >= 0.6 is 31.9 Å². The van der Waals surface area contributed by atoms with Gasteiger partial charge in [-0.05, 0) is 82.2 Å². The molecule has 3 unspecified atom stereocenters. The first kappa shape index (κ1) is 17.3. The number of hydrogen-bond acceptors (Lipinski definition) is 3. The molecule has 1 aromatic rings. The predicted octanol–water partition coefficient (Wildman–Crippen LogP) is 4.44. The first-order valence-electron chi connectivity index (χ1n) is 7.51. The molecule has 1 aromatic carbocycles. The molecule has 0 amide bonds. The second-order valence-electron chi connectivity index (χ2n) is 5.72. The van der Waals surface area contributed by atoms with Crippen LogP contribution in [-0.4, -0.2) is 24.9 Å². The minimum Gasteiger partial charge on any atom is -0.489 e. The van der Waals surface area contributed by atoms with Gasteiger partial charge in [-0.1, -0.05) is 6.92 Å². The minimum absolute atomic E-state index is 0.198. The predicted molar refractivity (Wildman–Crippen MR) is 92.9 cm³/mol. The van der Waals surface area contributed by atoms with Crippen LogP contribution in [0.5, 0.6) is 5.75 Å². The molecule has 1 aliphatic rings. The Morgan fingerprint density at radius 3 is 2.52 bits per heavy atom. The Morgan fingerprint density at radius 2 is 2.00 bits per heavy atom. The molecule has 0 bridgehead atoms. The van der Waals surface area contributed by atoms with Gasteiger partial charge in [0.25, 0.3) is 0 Å². The lowest BCUT2D eigenvalue weighted by Gasteiger charge is -2.16. The average Bonchev–Trinajstić information content (AvgIpc) is 2.83. The van der Waals surface area contributed by atoms with Gasteiger partial charge in [0.2, 0.25) is 0 Å². The number of hydrogen-bond donors (Lipinski definition) is 1. The van der Waals surface area contributed by atoms with Gasteiger partial charge in [0, 0.05) is 6.04 Å². The Balaban J connectivity index is 1.99. The van der Waals surface area contributed by atoms with Crippen molar-refractivity contribution in [2.75, 3.05) is 6.61 Å². The molecule has 1 aliphatic heterocycles. The summed E-state index contributed by atoms with van der Waals surface area (Å²) in [5, 5.41) is 0. The second kappa shape index (κ2) is 7.95. The Hall–Kier alpha value is -0.100. The molecular weight excluding hydrogens is 398 g/mol. The van der Waals surface area contributed by atoms with Crippen molar-refractivity contribution in [3.05, 3.63) is 26.6 Å². The fourth-order valence-corrected chi connectivity index (χ4v) is 4.01. The maximum Gasteiger partial charge on any atom is 0.147 e. The van der Waals surface area contributed by atoms with Crippen molar-refractivity contribution in [1.82, 2.24) is 0 Å². The van der Waals surface area contributed by atoms with Crippen molar-refractivity contribution in [2.45, 2.75) is 57.8 Å². The zero-order chi connectivity index (χ0) is 15.4. The zero-order valence-corrected chi connectivity index (χ0v) is 15.7. The largest absolute Gasteiger partial charge is 0.489 e. The van der Waals surface area contributed by atoms with E-state index in [1.54, 1.807) is 0 Å². The fraction of sp³-hybridized carbons (Fsp3) is 0.625. The van der Waals surface area contributed by atoms with Crippen molar-refractivity contribution in [3.63, 3.8) is 0 Å². The van der Waals surface area contributed by atoms with Crippen LogP contribution in [-0.2, 0) is 11.2 Å². The van der Waals surface area contributed by atoms with Crippen molar-refractivity contribution < 1.29 is 9.47 Å². The van der Waals surface area contributed by atoms with E-state index in [1.807, 2.05) is 0 Å². The summed E-state index contributed by atoms with van der Waals surface area (Å²) in [7, 11) is 0. The summed E-state index contributed by atoms with van der Waals surface area (Å²) in [5.41, 5.74) is 7.23. The summed E-state index contributed by atoms with van der Waals surface area (Å²) in [4.78, 5) is 0. The van der Waals surface area contributed by atoms with E-state index >= 15 is 0 Å². The molecule has 118 valence electrons. The zero-order valence-electron chi connectivity index (χ0n) is 12.6. The molecule has 0 saturated carbocycles. The number of nitrogens with two attached hydrogens (primary N) is 1. The van der Waals surface area contributed by atoms with Gasteiger partial charge in [-0.15, -0.1) is 0 Å². The third kappa shape index (κ3) is 4.95. The standard InChI is InChI=1S/C16H23Br2NO2/c1-3-12(19)6-11-7-14(17)16(15(18)8-11)20-9-13-5-4-10(2)21-13/h7-8,10,12-13H,3-6,9,19H2,1-2H3. The molecule has 0 aliphatic carbocycles. The third-order valence-electron chi connectivity index (χ3n) is 3.81. The maximum atomic E-state index is 6.02. The molecule has 21 heavy (non-hydrogen) atoms. The van der Waals surface area contributed by atoms with Crippen LogP contribution < -0.4 is 10.5 Å². The van der Waals surface area contributed by atoms with E-state index in [-0.39, 0.29) is 12.1 Å². The Bertz CT molecular complexity index is 458. The number of rotatable bonds is 6. The molecule has 5 heteroatoms. The van der Waals surface area contributed by atoms with E-state index in [9.17, 15) is 0 Å². The number of benzene rings is 1. The summed E-state index contributed by atoms with van der Waals surface area (Å²) in [6, 6.07) is 4.38. The average molecular weight is 421 g/mol. The second-order valence-corrected chi connectivity index (χ2v) is 7.43. The smallest absolute Gasteiger partial charge is 0.147 e. The van der Waals surface area contributed by atoms with Gasteiger partial charge >= 0.3 is 0 Å². The van der Waals surface area contributed by atoms with Crippen molar-refractivity contribution in [1.29, 1.82) is 0 Å². The van der Waals surface area contributed by atoms with Gasteiger partial charge in [0.1, 0.15) is 12.4 Å². The Morgan fingerprint density at radius 1 is 1.33 bits per heavy atom. The molecule has 0 aromatic heterocycles. The lowest BCUT2D eigenvalue weighted by atomic mass is 10.0. The molecule has 2 N–H and O–H groups in total. The van der Waals surface area contributed by atoms with Crippen molar-refractivity contribution in [2.24, 2.45) is 5.73 Å². The molecular formula is C16H23Br2NO2. The quantitative estimate of drug-likeness (QED) is 0.739. The molecule has 2 rings (SSSR count). The lowest BCUT2D eigenvalue weighted by Crippen LogP contribution is -2.21. The monoisotopic (exact) mass is 419 g/mol. The number of halogens is 2. The molecule has 1 saturated heterocycles. The van der Waals surface area contributed by atoms with Crippen molar-refractivity contribution in [3.8, 4) is 5.75 Å². The van der Waals surface area contributed by atoms with Gasteiger partial charge in [0.15, 0.2) is 0 Å². The fourth-order valence-electron chi connectivity index (χ4n) is 2.50. The van der Waals surface area contributed by atoms with E-state index in [0.717, 1.165) is 40.4 Å². The SMILES string of the molecule is CCC(N)Cc1cc(Br)c(OCC2CCC(C)O2)c(Br)c1. The summed E-state index contributed by atoms with van der Waals surface area (Å²) in [6.45, 7) is 4.81. The molecule has 1 fully saturated rings. The highest BCUT2D eigenvalue weighted by molar-refractivity contribution is 9.11. The van der Waals surface area contributed by atoms with Crippen LogP contribution in [0.4, 0.5) is 0 Å². The van der Waals surface area contributed by atoms with Crippen LogP contribution in [0.3, 0.4) is 0 Å². The maximum absolute atomic E-state index is 6.02. The summed E-state index contributed by atoms with van der Waals surface area (Å²) >= 11 is 7.19. The minimum atomic E-state index is 0.198. The molecule has 3 atom stereocenters.